The lowest BCUT2D eigenvalue weighted by Crippen LogP contribution is -1.92. The minimum atomic E-state index is -0.739. The van der Waals surface area contributed by atoms with Crippen LogP contribution in [0, 0.1) is 0 Å². The van der Waals surface area contributed by atoms with Gasteiger partial charge in [-0.15, -0.1) is 0 Å². The Balaban J connectivity index is 2.82. The fourth-order valence-electron chi connectivity index (χ4n) is 0.927. The fourth-order valence-corrected chi connectivity index (χ4v) is 2.78. The first-order valence-corrected chi connectivity index (χ1v) is 5.27. The van der Waals surface area contributed by atoms with E-state index in [-0.39, 0.29) is 0 Å². The molecular formula is C6H11NSi. The zero-order chi connectivity index (χ0) is 6.15. The maximum Gasteiger partial charge on any atom is 0.187 e. The molecule has 0 amide bonds. The number of rotatable bonds is 0. The first-order valence-electron chi connectivity index (χ1n) is 2.93. The van der Waals surface area contributed by atoms with E-state index in [2.05, 4.69) is 30.8 Å². The Bertz CT molecular complexity index is 140. The predicted molar refractivity (Wildman–Crippen MR) is 39.9 cm³/mol. The first kappa shape index (κ1) is 5.76. The van der Waals surface area contributed by atoms with Crippen LogP contribution in [0.15, 0.2) is 15.9 Å². The summed E-state index contributed by atoms with van der Waals surface area (Å²) in [5, 5.41) is 0. The van der Waals surface area contributed by atoms with E-state index >= 15 is 0 Å². The van der Waals surface area contributed by atoms with Gasteiger partial charge in [-0.2, -0.15) is 0 Å². The maximum absolute atomic E-state index is 4.43. The lowest BCUT2D eigenvalue weighted by atomic mass is 10.2. The van der Waals surface area contributed by atoms with Crippen LogP contribution in [0.25, 0.3) is 0 Å². The van der Waals surface area contributed by atoms with Crippen molar-refractivity contribution >= 4 is 14.7 Å². The standard InChI is InChI=1S/C6H11NSi/c1-5-4-8(3)7-6(5)2/h4,8H,1-3H3. The quantitative estimate of drug-likeness (QED) is 0.433. The van der Waals surface area contributed by atoms with Crippen LogP contribution in [0.5, 0.6) is 0 Å². The van der Waals surface area contributed by atoms with Crippen LogP contribution in [0.2, 0.25) is 6.55 Å². The Morgan fingerprint density at radius 1 is 1.50 bits per heavy atom. The molecule has 0 aromatic rings. The maximum atomic E-state index is 4.43. The Labute approximate surface area is 51.8 Å². The van der Waals surface area contributed by atoms with Crippen molar-refractivity contribution in [3.05, 3.63) is 11.3 Å². The average molecular weight is 125 g/mol. The van der Waals surface area contributed by atoms with Crippen LogP contribution < -0.4 is 0 Å². The minimum Gasteiger partial charge on any atom is -0.325 e. The van der Waals surface area contributed by atoms with Gasteiger partial charge in [-0.1, -0.05) is 5.70 Å². The summed E-state index contributed by atoms with van der Waals surface area (Å²) < 4.78 is 4.43. The van der Waals surface area contributed by atoms with Gasteiger partial charge in [-0.25, -0.2) is 0 Å². The van der Waals surface area contributed by atoms with Gasteiger partial charge in [0.1, 0.15) is 0 Å². The van der Waals surface area contributed by atoms with Crippen LogP contribution >= 0.6 is 0 Å². The second kappa shape index (κ2) is 1.86. The van der Waals surface area contributed by atoms with Gasteiger partial charge in [0.15, 0.2) is 8.96 Å². The molecule has 0 spiro atoms. The molecule has 0 bridgehead atoms. The third kappa shape index (κ3) is 0.891. The molecule has 0 N–H and O–H groups in total. The molecule has 1 rings (SSSR count). The molecule has 1 aliphatic heterocycles. The van der Waals surface area contributed by atoms with Crippen molar-refractivity contribution in [2.75, 3.05) is 0 Å². The van der Waals surface area contributed by atoms with Crippen molar-refractivity contribution in [1.29, 1.82) is 0 Å². The average Bonchev–Trinajstić information content (AvgIpc) is 1.85. The van der Waals surface area contributed by atoms with Crippen LogP contribution in [0.1, 0.15) is 13.8 Å². The summed E-state index contributed by atoms with van der Waals surface area (Å²) in [7, 11) is -0.739. The van der Waals surface area contributed by atoms with Gasteiger partial charge in [-0.3, -0.25) is 0 Å². The summed E-state index contributed by atoms with van der Waals surface area (Å²) in [6.45, 7) is 6.46. The molecule has 0 radical (unpaired) electrons. The second-order valence-electron chi connectivity index (χ2n) is 2.30. The highest BCUT2D eigenvalue weighted by molar-refractivity contribution is 6.65. The summed E-state index contributed by atoms with van der Waals surface area (Å²) in [5.74, 6) is 0. The van der Waals surface area contributed by atoms with E-state index in [0.29, 0.717) is 0 Å². The molecule has 0 aromatic heterocycles. The van der Waals surface area contributed by atoms with E-state index in [1.165, 1.54) is 11.3 Å². The van der Waals surface area contributed by atoms with Crippen LogP contribution in [0.4, 0.5) is 0 Å². The van der Waals surface area contributed by atoms with Crippen molar-refractivity contribution in [2.45, 2.75) is 20.4 Å². The van der Waals surface area contributed by atoms with Crippen molar-refractivity contribution in [3.63, 3.8) is 0 Å². The minimum absolute atomic E-state index is 0.739. The summed E-state index contributed by atoms with van der Waals surface area (Å²) in [6, 6.07) is 0. The van der Waals surface area contributed by atoms with E-state index in [0.717, 1.165) is 0 Å². The molecule has 1 nitrogen and oxygen atoms in total. The highest BCUT2D eigenvalue weighted by Gasteiger charge is 2.07. The van der Waals surface area contributed by atoms with Gasteiger partial charge in [-0.05, 0) is 26.0 Å². The zero-order valence-corrected chi connectivity index (χ0v) is 6.76. The van der Waals surface area contributed by atoms with Crippen molar-refractivity contribution in [2.24, 2.45) is 4.66 Å². The largest absolute Gasteiger partial charge is 0.325 e. The topological polar surface area (TPSA) is 12.4 Å². The van der Waals surface area contributed by atoms with Gasteiger partial charge in [0.25, 0.3) is 0 Å². The Hall–Kier alpha value is -0.373. The summed E-state index contributed by atoms with van der Waals surface area (Å²) >= 11 is 0. The van der Waals surface area contributed by atoms with E-state index in [9.17, 15) is 0 Å². The van der Waals surface area contributed by atoms with E-state index in [1.807, 2.05) is 0 Å². The Morgan fingerprint density at radius 3 is 2.25 bits per heavy atom. The van der Waals surface area contributed by atoms with Gasteiger partial charge in [0, 0.05) is 5.71 Å². The second-order valence-corrected chi connectivity index (χ2v) is 4.38. The molecule has 1 aliphatic rings. The summed E-state index contributed by atoms with van der Waals surface area (Å²) in [6.07, 6.45) is 0. The fraction of sp³-hybridized carbons (Fsp3) is 0.500. The van der Waals surface area contributed by atoms with Crippen molar-refractivity contribution in [1.82, 2.24) is 0 Å². The third-order valence-electron chi connectivity index (χ3n) is 1.46. The molecule has 8 heavy (non-hydrogen) atoms. The van der Waals surface area contributed by atoms with E-state index in [1.54, 1.807) is 0 Å². The number of hydrogen-bond acceptors (Lipinski definition) is 1. The van der Waals surface area contributed by atoms with Crippen molar-refractivity contribution < 1.29 is 0 Å². The smallest absolute Gasteiger partial charge is 0.187 e. The molecule has 0 saturated carbocycles. The Kier molecular flexibility index (Phi) is 1.34. The normalized spacial score (nSPS) is 27.6. The van der Waals surface area contributed by atoms with Crippen LogP contribution in [-0.2, 0) is 0 Å². The lowest BCUT2D eigenvalue weighted by molar-refractivity contribution is 1.58. The predicted octanol–water partition coefficient (Wildman–Crippen LogP) is 1.30. The molecule has 0 saturated heterocycles. The van der Waals surface area contributed by atoms with Gasteiger partial charge >= 0.3 is 0 Å². The summed E-state index contributed by atoms with van der Waals surface area (Å²) in [5.41, 5.74) is 4.96. The summed E-state index contributed by atoms with van der Waals surface area (Å²) in [4.78, 5) is 0. The van der Waals surface area contributed by atoms with E-state index in [4.69, 9.17) is 0 Å². The van der Waals surface area contributed by atoms with Crippen LogP contribution in [-0.4, -0.2) is 14.7 Å². The van der Waals surface area contributed by atoms with Crippen molar-refractivity contribution in [3.8, 4) is 0 Å². The lowest BCUT2D eigenvalue weighted by Gasteiger charge is -1.87. The third-order valence-corrected chi connectivity index (χ3v) is 3.24. The first-order chi connectivity index (χ1) is 3.70. The molecule has 1 unspecified atom stereocenters. The molecular weight excluding hydrogens is 114 g/mol. The Morgan fingerprint density at radius 2 is 2.12 bits per heavy atom. The van der Waals surface area contributed by atoms with Gasteiger partial charge < -0.3 is 4.66 Å². The molecule has 1 atom stereocenters. The van der Waals surface area contributed by atoms with Crippen LogP contribution in [0.3, 0.4) is 0 Å². The SMILES string of the molecule is CC1=C[SiH](C)N=C1C. The monoisotopic (exact) mass is 125 g/mol. The highest BCUT2D eigenvalue weighted by Crippen LogP contribution is 2.07. The molecule has 0 aromatic carbocycles. The number of hydrogen-bond donors (Lipinski definition) is 0. The number of nitrogens with zero attached hydrogens (tertiary/aromatic N) is 1. The molecule has 0 aliphatic carbocycles. The molecule has 1 heterocycles. The van der Waals surface area contributed by atoms with E-state index < -0.39 is 8.96 Å². The van der Waals surface area contributed by atoms with Gasteiger partial charge in [0.2, 0.25) is 0 Å². The highest BCUT2D eigenvalue weighted by atomic mass is 28.3. The van der Waals surface area contributed by atoms with Gasteiger partial charge in [0.05, 0.1) is 0 Å². The molecule has 0 fully saturated rings. The molecule has 44 valence electrons. The molecule has 2 heteroatoms. The zero-order valence-electron chi connectivity index (χ0n) is 5.60. The number of allylic oxidation sites excluding steroid dienone is 1.